The van der Waals surface area contributed by atoms with Gasteiger partial charge in [-0.1, -0.05) is 18.2 Å². The Bertz CT molecular complexity index is 1470. The van der Waals surface area contributed by atoms with Crippen molar-refractivity contribution in [2.75, 3.05) is 24.9 Å². The number of sulfonamides is 1. The van der Waals surface area contributed by atoms with Crippen molar-refractivity contribution in [3.05, 3.63) is 60.7 Å². The molecule has 0 fully saturated rings. The van der Waals surface area contributed by atoms with E-state index >= 15 is 0 Å². The lowest BCUT2D eigenvalue weighted by molar-refractivity contribution is -0.105. The lowest BCUT2D eigenvalue weighted by Gasteiger charge is -2.17. The third-order valence-corrected chi connectivity index (χ3v) is 5.92. The van der Waals surface area contributed by atoms with Gasteiger partial charge in [0.05, 0.1) is 35.8 Å². The smallest absolute Gasteiger partial charge is 0.238 e. The van der Waals surface area contributed by atoms with E-state index in [1.165, 1.54) is 26.4 Å². The number of nitrogens with one attached hydrogen (secondary N) is 2. The van der Waals surface area contributed by atoms with Gasteiger partial charge in [-0.3, -0.25) is 4.79 Å². The normalized spacial score (nSPS) is 11.1. The summed E-state index contributed by atoms with van der Waals surface area (Å²) in [5, 5.41) is 11.2. The number of methoxy groups -OCH3 is 2. The second-order valence-electron chi connectivity index (χ2n) is 7.12. The first kappa shape index (κ1) is 23.0. The lowest BCUT2D eigenvalue weighted by atomic mass is 10.1. The molecule has 0 radical (unpaired) electrons. The number of hydrogen-bond donors (Lipinski definition) is 3. The first-order valence-corrected chi connectivity index (χ1v) is 11.5. The molecular weight excluding hydrogens is 458 g/mol. The van der Waals surface area contributed by atoms with Crippen molar-refractivity contribution in [3.63, 3.8) is 0 Å². The number of anilines is 3. The second kappa shape index (κ2) is 9.33. The van der Waals surface area contributed by atoms with E-state index in [9.17, 15) is 13.2 Å². The fraction of sp³-hybridized carbons (Fsp3) is 0.0870. The Labute approximate surface area is 195 Å². The van der Waals surface area contributed by atoms with Crippen LogP contribution < -0.4 is 25.2 Å². The molecule has 1 amide bonds. The van der Waals surface area contributed by atoms with Gasteiger partial charge in [-0.05, 0) is 24.3 Å². The van der Waals surface area contributed by atoms with Crippen molar-refractivity contribution in [3.8, 4) is 22.8 Å². The van der Waals surface area contributed by atoms with Gasteiger partial charge < -0.3 is 20.1 Å². The predicted octanol–water partition coefficient (Wildman–Crippen LogP) is 3.27. The Morgan fingerprint density at radius 1 is 0.912 bits per heavy atom. The van der Waals surface area contributed by atoms with Crippen LogP contribution >= 0.6 is 0 Å². The van der Waals surface area contributed by atoms with Crippen LogP contribution in [0.1, 0.15) is 0 Å². The number of ether oxygens (including phenoxy) is 2. The van der Waals surface area contributed by atoms with Crippen LogP contribution in [0.2, 0.25) is 0 Å². The van der Waals surface area contributed by atoms with Crippen molar-refractivity contribution in [2.45, 2.75) is 4.90 Å². The highest BCUT2D eigenvalue weighted by Crippen LogP contribution is 2.39. The molecule has 0 unspecified atom stereocenters. The highest BCUT2D eigenvalue weighted by Gasteiger charge is 2.24. The van der Waals surface area contributed by atoms with Crippen LogP contribution in [-0.2, 0) is 14.8 Å². The third-order valence-electron chi connectivity index (χ3n) is 4.97. The molecule has 3 aromatic carbocycles. The number of amides is 1. The Balaban J connectivity index is 2.02. The van der Waals surface area contributed by atoms with Gasteiger partial charge in [-0.2, -0.15) is 0 Å². The molecular formula is C23H21N5O5S. The van der Waals surface area contributed by atoms with Gasteiger partial charge in [-0.25, -0.2) is 23.5 Å². The monoisotopic (exact) mass is 479 g/mol. The molecule has 10 nitrogen and oxygen atoms in total. The van der Waals surface area contributed by atoms with Crippen molar-refractivity contribution in [1.29, 1.82) is 0 Å². The molecule has 11 heteroatoms. The first-order valence-electron chi connectivity index (χ1n) is 9.97. The highest BCUT2D eigenvalue weighted by atomic mass is 32.2. The zero-order chi connectivity index (χ0) is 24.3. The number of aromatic nitrogens is 2. The van der Waals surface area contributed by atoms with E-state index < -0.39 is 10.0 Å². The largest absolute Gasteiger partial charge is 0.497 e. The molecule has 0 saturated heterocycles. The molecule has 174 valence electrons. The molecule has 0 aliphatic carbocycles. The van der Waals surface area contributed by atoms with Crippen LogP contribution in [0.25, 0.3) is 22.3 Å². The molecule has 0 bridgehead atoms. The number of benzene rings is 3. The summed E-state index contributed by atoms with van der Waals surface area (Å²) in [6.07, 6.45) is 0.445. The Hall–Kier alpha value is -4.22. The number of rotatable bonds is 8. The first-order chi connectivity index (χ1) is 16.3. The summed E-state index contributed by atoms with van der Waals surface area (Å²) in [7, 11) is -1.12. The summed E-state index contributed by atoms with van der Waals surface area (Å²) in [6, 6.07) is 16.6. The van der Waals surface area contributed by atoms with Gasteiger partial charge in [-0.15, -0.1) is 0 Å². The predicted molar refractivity (Wildman–Crippen MR) is 129 cm³/mol. The molecule has 4 rings (SSSR count). The Kier molecular flexibility index (Phi) is 6.30. The summed E-state index contributed by atoms with van der Waals surface area (Å²) in [6.45, 7) is 0. The fourth-order valence-corrected chi connectivity index (χ4v) is 4.23. The summed E-state index contributed by atoms with van der Waals surface area (Å²) < 4.78 is 35.6. The molecule has 0 aliphatic heterocycles. The van der Waals surface area contributed by atoms with Crippen LogP contribution in [-0.4, -0.2) is 39.0 Å². The maximum Gasteiger partial charge on any atom is 0.238 e. The maximum atomic E-state index is 12.4. The topological polar surface area (TPSA) is 146 Å². The summed E-state index contributed by atoms with van der Waals surface area (Å²) >= 11 is 0. The molecule has 1 heterocycles. The van der Waals surface area contributed by atoms with E-state index in [1.54, 1.807) is 42.5 Å². The minimum Gasteiger partial charge on any atom is -0.497 e. The fourth-order valence-electron chi connectivity index (χ4n) is 3.47. The molecule has 1 aromatic heterocycles. The zero-order valence-electron chi connectivity index (χ0n) is 18.3. The van der Waals surface area contributed by atoms with Gasteiger partial charge in [0.2, 0.25) is 16.4 Å². The highest BCUT2D eigenvalue weighted by molar-refractivity contribution is 7.89. The van der Waals surface area contributed by atoms with Gasteiger partial charge in [0, 0.05) is 29.4 Å². The van der Waals surface area contributed by atoms with Crippen LogP contribution in [0.15, 0.2) is 65.6 Å². The molecule has 0 saturated carbocycles. The van der Waals surface area contributed by atoms with E-state index in [4.69, 9.17) is 14.6 Å². The van der Waals surface area contributed by atoms with Crippen molar-refractivity contribution in [1.82, 2.24) is 9.97 Å². The summed E-state index contributed by atoms with van der Waals surface area (Å²) in [5.74, 6) is 1.30. The second-order valence-corrected chi connectivity index (χ2v) is 8.65. The third kappa shape index (κ3) is 4.60. The minimum absolute atomic E-state index is 0.104. The molecule has 34 heavy (non-hydrogen) atoms. The summed E-state index contributed by atoms with van der Waals surface area (Å²) in [4.78, 5) is 20.4. The minimum atomic E-state index is -4.18. The average Bonchev–Trinajstić information content (AvgIpc) is 2.83. The van der Waals surface area contributed by atoms with Crippen LogP contribution in [0.3, 0.4) is 0 Å². The van der Waals surface area contributed by atoms with E-state index in [2.05, 4.69) is 20.6 Å². The van der Waals surface area contributed by atoms with Crippen LogP contribution in [0, 0.1) is 0 Å². The molecule has 0 atom stereocenters. The maximum absolute atomic E-state index is 12.4. The summed E-state index contributed by atoms with van der Waals surface area (Å²) in [5.41, 5.74) is 2.13. The molecule has 4 N–H and O–H groups in total. The molecule has 4 aromatic rings. The van der Waals surface area contributed by atoms with Gasteiger partial charge in [0.1, 0.15) is 17.2 Å². The number of nitrogens with zero attached hydrogens (tertiary/aromatic N) is 2. The van der Waals surface area contributed by atoms with Gasteiger partial charge >= 0.3 is 0 Å². The number of nitrogens with two attached hydrogens (primary N) is 1. The van der Waals surface area contributed by atoms with Crippen LogP contribution in [0.5, 0.6) is 11.5 Å². The van der Waals surface area contributed by atoms with Crippen molar-refractivity contribution in [2.24, 2.45) is 5.14 Å². The Morgan fingerprint density at radius 3 is 2.15 bits per heavy atom. The average molecular weight is 480 g/mol. The van der Waals surface area contributed by atoms with Gasteiger partial charge in [0.25, 0.3) is 0 Å². The number of hydrogen-bond acceptors (Lipinski definition) is 8. The van der Waals surface area contributed by atoms with E-state index in [0.717, 1.165) is 0 Å². The zero-order valence-corrected chi connectivity index (χ0v) is 19.1. The molecule has 0 spiro atoms. The van der Waals surface area contributed by atoms with E-state index in [0.29, 0.717) is 34.6 Å². The number of para-hydroxylation sites is 2. The quantitative estimate of drug-likeness (QED) is 0.327. The Morgan fingerprint density at radius 2 is 1.56 bits per heavy atom. The number of primary sulfonamides is 1. The number of carbonyl (C=O) groups excluding carboxylic acids is 1. The lowest BCUT2D eigenvalue weighted by Crippen LogP contribution is -2.15. The van der Waals surface area contributed by atoms with Crippen molar-refractivity contribution < 1.29 is 22.7 Å². The number of carbonyl (C=O) groups is 1. The van der Waals surface area contributed by atoms with E-state index in [1.807, 2.05) is 6.07 Å². The standard InChI is InChI=1S/C23H21N5O5S/c1-32-15-10-14(11-16(12-15)33-2)26-23-22(27-17-6-3-4-7-18(17)28-23)21-19(25-13-29)8-5-9-20(21)34(24,30)31/h3-13H,1-2H3,(H,25,29)(H,26,28)(H2,24,30,31). The van der Waals surface area contributed by atoms with Crippen LogP contribution in [0.4, 0.5) is 17.2 Å². The number of fused-ring (bicyclic) bond motifs is 1. The SMILES string of the molecule is COc1cc(Nc2nc3ccccc3nc2-c2c(NC=O)cccc2S(N)(=O)=O)cc(OC)c1. The van der Waals surface area contributed by atoms with E-state index in [-0.39, 0.29) is 27.7 Å². The van der Waals surface area contributed by atoms with Gasteiger partial charge in [0.15, 0.2) is 5.82 Å². The van der Waals surface area contributed by atoms with Crippen molar-refractivity contribution >= 4 is 44.7 Å². The molecule has 0 aliphatic rings.